The van der Waals surface area contributed by atoms with Gasteiger partial charge in [-0.3, -0.25) is 0 Å². The molecule has 0 spiro atoms. The van der Waals surface area contributed by atoms with Crippen molar-refractivity contribution in [1.29, 1.82) is 0 Å². The fraction of sp³-hybridized carbons (Fsp3) is 0.0714. The first kappa shape index (κ1) is 12.2. The number of carbonyl (C=O) groups is 1. The second-order valence-electron chi connectivity index (χ2n) is 3.79. The number of hydrogen-bond acceptors (Lipinski definition) is 2. The van der Waals surface area contributed by atoms with Crippen molar-refractivity contribution in [3.05, 3.63) is 65.2 Å². The van der Waals surface area contributed by atoms with Gasteiger partial charge in [-0.05, 0) is 30.7 Å². The summed E-state index contributed by atoms with van der Waals surface area (Å²) in [5, 5.41) is 0. The van der Waals surface area contributed by atoms with E-state index in [1.54, 1.807) is 30.3 Å². The lowest BCUT2D eigenvalue weighted by atomic mass is 10.2. The summed E-state index contributed by atoms with van der Waals surface area (Å²) in [6.45, 7) is 1.40. The predicted octanol–water partition coefficient (Wildman–Crippen LogP) is 3.49. The smallest absolute Gasteiger partial charge is 0.343 e. The standard InChI is InChI=1S/C14H10F2O2/c1-9-7-11(8-12(15)13(9)16)18-14(17)10-5-3-2-4-6-10/h2-8H,1H3. The Labute approximate surface area is 103 Å². The van der Waals surface area contributed by atoms with Crippen LogP contribution in [0.2, 0.25) is 0 Å². The third kappa shape index (κ3) is 2.53. The molecule has 0 heterocycles. The van der Waals surface area contributed by atoms with Crippen LogP contribution in [0.25, 0.3) is 0 Å². The van der Waals surface area contributed by atoms with E-state index in [1.165, 1.54) is 13.0 Å². The first-order chi connectivity index (χ1) is 8.58. The Morgan fingerprint density at radius 2 is 1.78 bits per heavy atom. The van der Waals surface area contributed by atoms with Gasteiger partial charge in [0.25, 0.3) is 0 Å². The van der Waals surface area contributed by atoms with E-state index < -0.39 is 17.6 Å². The zero-order valence-electron chi connectivity index (χ0n) is 9.61. The summed E-state index contributed by atoms with van der Waals surface area (Å²) < 4.78 is 31.2. The van der Waals surface area contributed by atoms with Crippen LogP contribution in [0.1, 0.15) is 15.9 Å². The molecule has 0 unspecified atom stereocenters. The van der Waals surface area contributed by atoms with Crippen molar-refractivity contribution in [3.8, 4) is 5.75 Å². The largest absolute Gasteiger partial charge is 0.423 e. The lowest BCUT2D eigenvalue weighted by Gasteiger charge is -2.06. The van der Waals surface area contributed by atoms with Gasteiger partial charge in [0.2, 0.25) is 0 Å². The molecule has 92 valence electrons. The first-order valence-electron chi connectivity index (χ1n) is 5.31. The van der Waals surface area contributed by atoms with Gasteiger partial charge in [-0.15, -0.1) is 0 Å². The number of hydrogen-bond donors (Lipinski definition) is 0. The molecule has 2 aromatic carbocycles. The van der Waals surface area contributed by atoms with Crippen LogP contribution in [0.4, 0.5) is 8.78 Å². The number of ether oxygens (including phenoxy) is 1. The number of benzene rings is 2. The molecule has 0 saturated carbocycles. The monoisotopic (exact) mass is 248 g/mol. The van der Waals surface area contributed by atoms with Crippen LogP contribution in [0, 0.1) is 18.6 Å². The summed E-state index contributed by atoms with van der Waals surface area (Å²) >= 11 is 0. The maximum absolute atomic E-state index is 13.1. The van der Waals surface area contributed by atoms with E-state index in [1.807, 2.05) is 0 Å². The highest BCUT2D eigenvalue weighted by Gasteiger charge is 2.12. The normalized spacial score (nSPS) is 10.2. The number of aryl methyl sites for hydroxylation is 1. The molecule has 2 nitrogen and oxygen atoms in total. The molecule has 2 rings (SSSR count). The molecular weight excluding hydrogens is 238 g/mol. The maximum Gasteiger partial charge on any atom is 0.343 e. The van der Waals surface area contributed by atoms with Gasteiger partial charge in [0.15, 0.2) is 11.6 Å². The van der Waals surface area contributed by atoms with E-state index in [-0.39, 0.29) is 11.3 Å². The van der Waals surface area contributed by atoms with Gasteiger partial charge in [-0.1, -0.05) is 18.2 Å². The lowest BCUT2D eigenvalue weighted by Crippen LogP contribution is -2.08. The van der Waals surface area contributed by atoms with Gasteiger partial charge in [-0.25, -0.2) is 13.6 Å². The Balaban J connectivity index is 2.23. The third-order valence-electron chi connectivity index (χ3n) is 2.40. The molecule has 0 amide bonds. The average Bonchev–Trinajstić information content (AvgIpc) is 2.37. The molecule has 0 aliphatic carbocycles. The Hall–Kier alpha value is -2.23. The minimum atomic E-state index is -1.04. The molecule has 4 heteroatoms. The van der Waals surface area contributed by atoms with E-state index in [9.17, 15) is 13.6 Å². The summed E-state index contributed by atoms with van der Waals surface area (Å²) in [5.41, 5.74) is 0.436. The van der Waals surface area contributed by atoms with Gasteiger partial charge in [0.1, 0.15) is 5.75 Å². The summed E-state index contributed by atoms with van der Waals surface area (Å²) in [6, 6.07) is 10.4. The lowest BCUT2D eigenvalue weighted by molar-refractivity contribution is 0.0734. The van der Waals surface area contributed by atoms with Gasteiger partial charge in [-0.2, -0.15) is 0 Å². The second-order valence-corrected chi connectivity index (χ2v) is 3.79. The van der Waals surface area contributed by atoms with Crippen molar-refractivity contribution in [2.24, 2.45) is 0 Å². The molecule has 18 heavy (non-hydrogen) atoms. The van der Waals surface area contributed by atoms with Crippen molar-refractivity contribution < 1.29 is 18.3 Å². The summed E-state index contributed by atoms with van der Waals surface area (Å²) in [7, 11) is 0. The molecule has 0 aromatic heterocycles. The fourth-order valence-corrected chi connectivity index (χ4v) is 1.49. The highest BCUT2D eigenvalue weighted by Crippen LogP contribution is 2.20. The Kier molecular flexibility index (Phi) is 3.37. The van der Waals surface area contributed by atoms with Gasteiger partial charge in [0.05, 0.1) is 5.56 Å². The molecule has 0 N–H and O–H groups in total. The highest BCUT2D eigenvalue weighted by molar-refractivity contribution is 5.90. The molecule has 2 aromatic rings. The molecule has 0 fully saturated rings. The second kappa shape index (κ2) is 4.96. The molecule has 0 radical (unpaired) electrons. The van der Waals surface area contributed by atoms with Crippen LogP contribution >= 0.6 is 0 Å². The van der Waals surface area contributed by atoms with E-state index in [0.29, 0.717) is 5.56 Å². The summed E-state index contributed by atoms with van der Waals surface area (Å²) in [4.78, 5) is 11.7. The fourth-order valence-electron chi connectivity index (χ4n) is 1.49. The number of carbonyl (C=O) groups excluding carboxylic acids is 1. The van der Waals surface area contributed by atoms with Gasteiger partial charge in [0, 0.05) is 6.07 Å². The predicted molar refractivity (Wildman–Crippen MR) is 62.5 cm³/mol. The number of esters is 1. The molecule has 0 atom stereocenters. The molecule has 0 aliphatic heterocycles. The maximum atomic E-state index is 13.1. The quantitative estimate of drug-likeness (QED) is 0.600. The molecular formula is C14H10F2O2. The summed E-state index contributed by atoms with van der Waals surface area (Å²) in [5.74, 6) is -2.60. The van der Waals surface area contributed by atoms with Crippen LogP contribution in [0.15, 0.2) is 42.5 Å². The van der Waals surface area contributed by atoms with Crippen molar-refractivity contribution in [1.82, 2.24) is 0 Å². The Bertz CT molecular complexity index is 557. The van der Waals surface area contributed by atoms with Crippen LogP contribution in [-0.4, -0.2) is 5.97 Å². The highest BCUT2D eigenvalue weighted by atomic mass is 19.2. The zero-order chi connectivity index (χ0) is 13.1. The number of halogens is 2. The Morgan fingerprint density at radius 3 is 2.39 bits per heavy atom. The average molecular weight is 248 g/mol. The van der Waals surface area contributed by atoms with E-state index in [2.05, 4.69) is 0 Å². The third-order valence-corrected chi connectivity index (χ3v) is 2.40. The van der Waals surface area contributed by atoms with Crippen LogP contribution in [0.3, 0.4) is 0 Å². The van der Waals surface area contributed by atoms with Crippen LogP contribution in [-0.2, 0) is 0 Å². The minimum absolute atomic E-state index is 0.0137. The van der Waals surface area contributed by atoms with Crippen molar-refractivity contribution in [2.75, 3.05) is 0 Å². The first-order valence-corrected chi connectivity index (χ1v) is 5.31. The number of rotatable bonds is 2. The molecule has 0 saturated heterocycles. The summed E-state index contributed by atoms with van der Waals surface area (Å²) in [6.07, 6.45) is 0. The zero-order valence-corrected chi connectivity index (χ0v) is 9.61. The SMILES string of the molecule is Cc1cc(OC(=O)c2ccccc2)cc(F)c1F. The Morgan fingerprint density at radius 1 is 1.11 bits per heavy atom. The van der Waals surface area contributed by atoms with E-state index in [0.717, 1.165) is 6.07 Å². The van der Waals surface area contributed by atoms with Crippen molar-refractivity contribution >= 4 is 5.97 Å². The molecule has 0 bridgehead atoms. The topological polar surface area (TPSA) is 26.3 Å². The van der Waals surface area contributed by atoms with Gasteiger partial charge < -0.3 is 4.74 Å². The molecule has 0 aliphatic rings. The van der Waals surface area contributed by atoms with Crippen LogP contribution in [0.5, 0.6) is 5.75 Å². The van der Waals surface area contributed by atoms with E-state index >= 15 is 0 Å². The van der Waals surface area contributed by atoms with Gasteiger partial charge >= 0.3 is 5.97 Å². The van der Waals surface area contributed by atoms with Crippen molar-refractivity contribution in [3.63, 3.8) is 0 Å². The van der Waals surface area contributed by atoms with E-state index in [4.69, 9.17) is 4.74 Å². The van der Waals surface area contributed by atoms with Crippen LogP contribution < -0.4 is 4.74 Å². The van der Waals surface area contributed by atoms with Crippen molar-refractivity contribution in [2.45, 2.75) is 6.92 Å². The minimum Gasteiger partial charge on any atom is -0.423 e.